The fourth-order valence-electron chi connectivity index (χ4n) is 3.13. The Morgan fingerprint density at radius 3 is 2.59 bits per heavy atom. The summed E-state index contributed by atoms with van der Waals surface area (Å²) in [5.74, 6) is -0.151. The maximum Gasteiger partial charge on any atom is 0.264 e. The fraction of sp³-hybridized carbons (Fsp3) is 0.182. The van der Waals surface area contributed by atoms with Gasteiger partial charge in [0.15, 0.2) is 5.65 Å². The zero-order chi connectivity index (χ0) is 20.4. The largest absolute Gasteiger partial charge is 0.326 e. The highest BCUT2D eigenvalue weighted by Crippen LogP contribution is 2.15. The van der Waals surface area contributed by atoms with Gasteiger partial charge in [0.2, 0.25) is 5.91 Å². The van der Waals surface area contributed by atoms with Gasteiger partial charge in [0, 0.05) is 18.7 Å². The van der Waals surface area contributed by atoms with E-state index in [0.29, 0.717) is 11.0 Å². The summed E-state index contributed by atoms with van der Waals surface area (Å²) in [6.07, 6.45) is 3.17. The Bertz CT molecular complexity index is 1240. The number of aromatic nitrogens is 4. The van der Waals surface area contributed by atoms with E-state index in [1.165, 1.54) is 17.1 Å². The highest BCUT2D eigenvalue weighted by Gasteiger charge is 2.12. The molecular weight excluding hydrogens is 366 g/mol. The van der Waals surface area contributed by atoms with Gasteiger partial charge >= 0.3 is 0 Å². The molecule has 7 nitrogen and oxygen atoms in total. The van der Waals surface area contributed by atoms with Crippen LogP contribution in [0, 0.1) is 13.8 Å². The molecule has 0 saturated carbocycles. The molecule has 1 amide bonds. The van der Waals surface area contributed by atoms with Crippen LogP contribution in [-0.4, -0.2) is 25.2 Å². The molecule has 0 bridgehead atoms. The van der Waals surface area contributed by atoms with E-state index in [1.807, 2.05) is 62.4 Å². The summed E-state index contributed by atoms with van der Waals surface area (Å²) in [7, 11) is 0. The number of para-hydroxylation sites is 1. The highest BCUT2D eigenvalue weighted by molar-refractivity contribution is 5.91. The first kappa shape index (κ1) is 18.6. The van der Waals surface area contributed by atoms with Crippen molar-refractivity contribution in [1.82, 2.24) is 19.3 Å². The third kappa shape index (κ3) is 3.80. The Balaban J connectivity index is 1.52. The number of hydrogen-bond acceptors (Lipinski definition) is 4. The van der Waals surface area contributed by atoms with Gasteiger partial charge in [-0.25, -0.2) is 9.67 Å². The minimum absolute atomic E-state index is 0.151. The summed E-state index contributed by atoms with van der Waals surface area (Å²) in [5.41, 5.74) is 4.04. The molecule has 0 aliphatic rings. The van der Waals surface area contributed by atoms with Gasteiger partial charge in [0.1, 0.15) is 5.39 Å². The molecule has 0 spiro atoms. The van der Waals surface area contributed by atoms with E-state index in [2.05, 4.69) is 15.4 Å². The molecule has 1 N–H and O–H groups in total. The van der Waals surface area contributed by atoms with Gasteiger partial charge in [0.05, 0.1) is 18.2 Å². The topological polar surface area (TPSA) is 81.8 Å². The number of nitrogens with zero attached hydrogens (tertiary/aromatic N) is 4. The van der Waals surface area contributed by atoms with E-state index >= 15 is 0 Å². The van der Waals surface area contributed by atoms with Crippen LogP contribution in [0.25, 0.3) is 16.7 Å². The average molecular weight is 387 g/mol. The maximum absolute atomic E-state index is 12.8. The summed E-state index contributed by atoms with van der Waals surface area (Å²) in [6, 6.07) is 15.4. The second kappa shape index (κ2) is 7.71. The first-order chi connectivity index (χ1) is 14.0. The summed E-state index contributed by atoms with van der Waals surface area (Å²) in [4.78, 5) is 29.5. The normalized spacial score (nSPS) is 11.0. The summed E-state index contributed by atoms with van der Waals surface area (Å²) < 4.78 is 3.09. The van der Waals surface area contributed by atoms with E-state index in [0.717, 1.165) is 22.5 Å². The van der Waals surface area contributed by atoms with Crippen LogP contribution in [0.3, 0.4) is 0 Å². The van der Waals surface area contributed by atoms with Gasteiger partial charge in [-0.15, -0.1) is 0 Å². The highest BCUT2D eigenvalue weighted by atomic mass is 16.2. The van der Waals surface area contributed by atoms with Gasteiger partial charge in [-0.3, -0.25) is 14.2 Å². The Morgan fingerprint density at radius 1 is 1.07 bits per heavy atom. The molecule has 2 heterocycles. The summed E-state index contributed by atoms with van der Waals surface area (Å²) >= 11 is 0. The monoisotopic (exact) mass is 387 g/mol. The van der Waals surface area contributed by atoms with Crippen LogP contribution in [0.5, 0.6) is 0 Å². The van der Waals surface area contributed by atoms with Crippen LogP contribution in [0.15, 0.2) is 65.8 Å². The molecular formula is C22H21N5O2. The third-order valence-corrected chi connectivity index (χ3v) is 4.83. The van der Waals surface area contributed by atoms with Crippen molar-refractivity contribution in [3.63, 3.8) is 0 Å². The molecule has 0 aliphatic carbocycles. The summed E-state index contributed by atoms with van der Waals surface area (Å²) in [5, 5.41) is 7.62. The SMILES string of the molecule is Cc1ccc(-n2ncc3c(=O)n(CCC(=O)Nc4ccccc4C)cnc32)cc1. The first-order valence-corrected chi connectivity index (χ1v) is 9.38. The van der Waals surface area contributed by atoms with Crippen molar-refractivity contribution >= 4 is 22.6 Å². The van der Waals surface area contributed by atoms with Gasteiger partial charge in [-0.05, 0) is 37.6 Å². The minimum Gasteiger partial charge on any atom is -0.326 e. The molecule has 0 radical (unpaired) electrons. The number of anilines is 1. The predicted molar refractivity (Wildman–Crippen MR) is 112 cm³/mol. The number of carbonyl (C=O) groups is 1. The Kier molecular flexibility index (Phi) is 4.95. The van der Waals surface area contributed by atoms with E-state index in [-0.39, 0.29) is 24.4 Å². The lowest BCUT2D eigenvalue weighted by molar-refractivity contribution is -0.116. The number of aryl methyl sites for hydroxylation is 3. The molecule has 2 aromatic heterocycles. The van der Waals surface area contributed by atoms with Gasteiger partial charge in [-0.1, -0.05) is 35.9 Å². The minimum atomic E-state index is -0.211. The number of benzene rings is 2. The lowest BCUT2D eigenvalue weighted by Crippen LogP contribution is -2.23. The molecule has 0 unspecified atom stereocenters. The molecule has 29 heavy (non-hydrogen) atoms. The lowest BCUT2D eigenvalue weighted by Gasteiger charge is -2.09. The molecule has 4 rings (SSSR count). The fourth-order valence-corrected chi connectivity index (χ4v) is 3.13. The van der Waals surface area contributed by atoms with Crippen molar-refractivity contribution in [3.05, 3.63) is 82.5 Å². The third-order valence-electron chi connectivity index (χ3n) is 4.83. The molecule has 0 saturated heterocycles. The van der Waals surface area contributed by atoms with E-state index in [4.69, 9.17) is 0 Å². The molecule has 7 heteroatoms. The maximum atomic E-state index is 12.8. The average Bonchev–Trinajstić information content (AvgIpc) is 3.15. The number of rotatable bonds is 5. The Hall–Kier alpha value is -3.74. The lowest BCUT2D eigenvalue weighted by atomic mass is 10.2. The molecule has 2 aromatic carbocycles. The van der Waals surface area contributed by atoms with Crippen LogP contribution >= 0.6 is 0 Å². The number of hydrogen-bond donors (Lipinski definition) is 1. The number of carbonyl (C=O) groups excluding carboxylic acids is 1. The van der Waals surface area contributed by atoms with Crippen molar-refractivity contribution in [2.24, 2.45) is 0 Å². The smallest absolute Gasteiger partial charge is 0.264 e. The van der Waals surface area contributed by atoms with Crippen LogP contribution in [0.1, 0.15) is 17.5 Å². The number of amides is 1. The molecule has 0 fully saturated rings. The van der Waals surface area contributed by atoms with E-state index in [1.54, 1.807) is 4.68 Å². The molecule has 0 aliphatic heterocycles. The second-order valence-corrected chi connectivity index (χ2v) is 6.99. The molecule has 146 valence electrons. The molecule has 4 aromatic rings. The summed E-state index contributed by atoms with van der Waals surface area (Å²) in [6.45, 7) is 4.19. The van der Waals surface area contributed by atoms with Gasteiger partial charge in [0.25, 0.3) is 5.56 Å². The van der Waals surface area contributed by atoms with E-state index in [9.17, 15) is 9.59 Å². The quantitative estimate of drug-likeness (QED) is 0.570. The van der Waals surface area contributed by atoms with Crippen LogP contribution in [0.2, 0.25) is 0 Å². The number of nitrogens with one attached hydrogen (secondary N) is 1. The van der Waals surface area contributed by atoms with Crippen molar-refractivity contribution in [2.45, 2.75) is 26.8 Å². The van der Waals surface area contributed by atoms with Crippen LogP contribution in [-0.2, 0) is 11.3 Å². The second-order valence-electron chi connectivity index (χ2n) is 6.99. The van der Waals surface area contributed by atoms with Crippen molar-refractivity contribution in [3.8, 4) is 5.69 Å². The van der Waals surface area contributed by atoms with Crippen molar-refractivity contribution < 1.29 is 4.79 Å². The van der Waals surface area contributed by atoms with Crippen LogP contribution in [0.4, 0.5) is 5.69 Å². The van der Waals surface area contributed by atoms with Gasteiger partial charge < -0.3 is 5.32 Å². The van der Waals surface area contributed by atoms with E-state index < -0.39 is 0 Å². The van der Waals surface area contributed by atoms with Gasteiger partial charge in [-0.2, -0.15) is 5.10 Å². The number of fused-ring (bicyclic) bond motifs is 1. The van der Waals surface area contributed by atoms with Crippen molar-refractivity contribution in [1.29, 1.82) is 0 Å². The van der Waals surface area contributed by atoms with Crippen molar-refractivity contribution in [2.75, 3.05) is 5.32 Å². The Morgan fingerprint density at radius 2 is 1.83 bits per heavy atom. The molecule has 0 atom stereocenters. The standard InChI is InChI=1S/C22H21N5O2/c1-15-7-9-17(10-8-15)27-21-18(13-24-27)22(29)26(14-23-21)12-11-20(28)25-19-6-4-3-5-16(19)2/h3-10,13-14H,11-12H2,1-2H3,(H,25,28). The zero-order valence-corrected chi connectivity index (χ0v) is 16.3. The first-order valence-electron chi connectivity index (χ1n) is 9.38. The zero-order valence-electron chi connectivity index (χ0n) is 16.3. The van der Waals surface area contributed by atoms with Crippen LogP contribution < -0.4 is 10.9 Å². The predicted octanol–water partition coefficient (Wildman–Crippen LogP) is 3.23. The Labute approximate surface area is 167 Å².